The second kappa shape index (κ2) is 7.04. The quantitative estimate of drug-likeness (QED) is 0.904. The van der Waals surface area contributed by atoms with Crippen LogP contribution in [0.3, 0.4) is 0 Å². The number of hydrogen-bond acceptors (Lipinski definition) is 4. The van der Waals surface area contributed by atoms with E-state index in [2.05, 4.69) is 34.5 Å². The maximum Gasteiger partial charge on any atom is 0.414 e. The van der Waals surface area contributed by atoms with Gasteiger partial charge in [0.2, 0.25) is 5.91 Å². The molecule has 0 spiro atoms. The van der Waals surface area contributed by atoms with Crippen LogP contribution in [-0.2, 0) is 16.1 Å². The van der Waals surface area contributed by atoms with Crippen LogP contribution in [0.5, 0.6) is 0 Å². The van der Waals surface area contributed by atoms with E-state index in [0.717, 1.165) is 29.0 Å². The molecule has 0 aromatic heterocycles. The summed E-state index contributed by atoms with van der Waals surface area (Å²) in [6.07, 6.45) is 0.0776. The number of ether oxygens (including phenoxy) is 1. The summed E-state index contributed by atoms with van der Waals surface area (Å²) in [6, 6.07) is 14.2. The van der Waals surface area contributed by atoms with Gasteiger partial charge in [0.15, 0.2) is 0 Å². The van der Waals surface area contributed by atoms with E-state index in [4.69, 9.17) is 4.74 Å². The zero-order chi connectivity index (χ0) is 19.0. The predicted octanol–water partition coefficient (Wildman–Crippen LogP) is 3.18. The minimum Gasteiger partial charge on any atom is -0.447 e. The number of carbonyl (C=O) groups excluding carboxylic acids is 2. The number of rotatable bonds is 4. The molecule has 1 unspecified atom stereocenters. The SMILES string of the molecule is CN(C)Cc1cccc(C2CC(=O)Nc3cc(N4CCOC4=O)ccc32)c1. The molecule has 2 heterocycles. The minimum absolute atomic E-state index is 0.00772. The van der Waals surface area contributed by atoms with Gasteiger partial charge in [0.25, 0.3) is 0 Å². The summed E-state index contributed by atoms with van der Waals surface area (Å²) < 4.78 is 5.02. The Morgan fingerprint density at radius 1 is 1.19 bits per heavy atom. The zero-order valence-electron chi connectivity index (χ0n) is 15.6. The number of amides is 2. The molecule has 6 nitrogen and oxygen atoms in total. The number of fused-ring (bicyclic) bond motifs is 1. The van der Waals surface area contributed by atoms with Crippen LogP contribution in [0.25, 0.3) is 0 Å². The molecule has 0 radical (unpaired) electrons. The summed E-state index contributed by atoms with van der Waals surface area (Å²) in [4.78, 5) is 27.9. The molecule has 6 heteroatoms. The largest absolute Gasteiger partial charge is 0.447 e. The maximum absolute atomic E-state index is 12.3. The molecule has 2 aromatic carbocycles. The standard InChI is InChI=1S/C21H23N3O3/c1-23(2)13-14-4-3-5-15(10-14)18-12-20(25)22-19-11-16(6-7-17(18)19)24-8-9-27-21(24)26/h3-7,10-11,18H,8-9,12-13H2,1-2H3,(H,22,25). The van der Waals surface area contributed by atoms with Crippen molar-refractivity contribution in [2.24, 2.45) is 0 Å². The third-order valence-electron chi connectivity index (χ3n) is 5.00. The molecule has 1 fully saturated rings. The first-order valence-electron chi connectivity index (χ1n) is 9.13. The Balaban J connectivity index is 1.69. The molecule has 27 heavy (non-hydrogen) atoms. The number of anilines is 2. The van der Waals surface area contributed by atoms with E-state index in [1.807, 2.05) is 32.3 Å². The summed E-state index contributed by atoms with van der Waals surface area (Å²) in [5, 5.41) is 2.96. The summed E-state index contributed by atoms with van der Waals surface area (Å²) in [5.41, 5.74) is 4.96. The molecule has 2 aliphatic rings. The fraction of sp³-hybridized carbons (Fsp3) is 0.333. The van der Waals surface area contributed by atoms with Crippen molar-refractivity contribution in [2.75, 3.05) is 37.5 Å². The van der Waals surface area contributed by atoms with E-state index in [-0.39, 0.29) is 17.9 Å². The minimum atomic E-state index is -0.343. The average Bonchev–Trinajstić information content (AvgIpc) is 3.06. The highest BCUT2D eigenvalue weighted by Crippen LogP contribution is 2.39. The summed E-state index contributed by atoms with van der Waals surface area (Å²) >= 11 is 0. The molecular weight excluding hydrogens is 342 g/mol. The lowest BCUT2D eigenvalue weighted by Crippen LogP contribution is -2.26. The maximum atomic E-state index is 12.3. The van der Waals surface area contributed by atoms with Gasteiger partial charge in [-0.1, -0.05) is 30.3 Å². The van der Waals surface area contributed by atoms with Crippen molar-refractivity contribution in [3.05, 3.63) is 59.2 Å². The van der Waals surface area contributed by atoms with Crippen molar-refractivity contribution < 1.29 is 14.3 Å². The van der Waals surface area contributed by atoms with Crippen molar-refractivity contribution in [1.82, 2.24) is 4.90 Å². The Labute approximate surface area is 158 Å². The molecule has 0 aliphatic carbocycles. The second-order valence-corrected chi connectivity index (χ2v) is 7.33. The smallest absolute Gasteiger partial charge is 0.414 e. The van der Waals surface area contributed by atoms with E-state index < -0.39 is 0 Å². The molecule has 0 saturated carbocycles. The average molecular weight is 365 g/mol. The van der Waals surface area contributed by atoms with E-state index in [1.165, 1.54) is 5.56 Å². The predicted molar refractivity (Wildman–Crippen MR) is 104 cm³/mol. The van der Waals surface area contributed by atoms with Gasteiger partial charge >= 0.3 is 6.09 Å². The van der Waals surface area contributed by atoms with Crippen LogP contribution in [0.4, 0.5) is 16.2 Å². The van der Waals surface area contributed by atoms with Gasteiger partial charge in [-0.2, -0.15) is 0 Å². The van der Waals surface area contributed by atoms with Crippen LogP contribution in [0.2, 0.25) is 0 Å². The molecule has 2 aromatic rings. The third kappa shape index (κ3) is 3.53. The van der Waals surface area contributed by atoms with Crippen LogP contribution in [-0.4, -0.2) is 44.1 Å². The number of hydrogen-bond donors (Lipinski definition) is 1. The fourth-order valence-corrected chi connectivity index (χ4v) is 3.82. The zero-order valence-corrected chi connectivity index (χ0v) is 15.6. The Hall–Kier alpha value is -2.86. The number of cyclic esters (lactones) is 1. The van der Waals surface area contributed by atoms with E-state index >= 15 is 0 Å². The lowest BCUT2D eigenvalue weighted by atomic mass is 9.84. The lowest BCUT2D eigenvalue weighted by Gasteiger charge is -2.28. The normalized spacial score (nSPS) is 19.1. The van der Waals surface area contributed by atoms with Gasteiger partial charge in [0, 0.05) is 30.3 Å². The molecule has 1 N–H and O–H groups in total. The number of carbonyl (C=O) groups is 2. The summed E-state index contributed by atoms with van der Waals surface area (Å²) in [7, 11) is 4.09. The van der Waals surface area contributed by atoms with Crippen LogP contribution >= 0.6 is 0 Å². The Morgan fingerprint density at radius 2 is 2.04 bits per heavy atom. The van der Waals surface area contributed by atoms with Gasteiger partial charge in [-0.15, -0.1) is 0 Å². The molecule has 1 atom stereocenters. The third-order valence-corrected chi connectivity index (χ3v) is 5.00. The van der Waals surface area contributed by atoms with Crippen molar-refractivity contribution in [2.45, 2.75) is 18.9 Å². The molecule has 2 amide bonds. The molecule has 2 aliphatic heterocycles. The first-order chi connectivity index (χ1) is 13.0. The van der Waals surface area contributed by atoms with Gasteiger partial charge in [-0.05, 0) is 42.9 Å². The Bertz CT molecular complexity index is 894. The Kier molecular flexibility index (Phi) is 4.58. The first-order valence-corrected chi connectivity index (χ1v) is 9.13. The van der Waals surface area contributed by atoms with E-state index in [1.54, 1.807) is 4.90 Å². The molecule has 1 saturated heterocycles. The van der Waals surface area contributed by atoms with Crippen LogP contribution < -0.4 is 10.2 Å². The highest BCUT2D eigenvalue weighted by Gasteiger charge is 2.29. The van der Waals surface area contributed by atoms with Gasteiger partial charge in [0.1, 0.15) is 6.61 Å². The fourth-order valence-electron chi connectivity index (χ4n) is 3.82. The van der Waals surface area contributed by atoms with Crippen molar-refractivity contribution >= 4 is 23.4 Å². The number of nitrogens with zero attached hydrogens (tertiary/aromatic N) is 2. The first kappa shape index (κ1) is 17.5. The monoisotopic (exact) mass is 365 g/mol. The highest BCUT2D eigenvalue weighted by molar-refractivity contribution is 5.97. The second-order valence-electron chi connectivity index (χ2n) is 7.33. The number of benzene rings is 2. The van der Waals surface area contributed by atoms with Crippen molar-refractivity contribution in [3.63, 3.8) is 0 Å². The van der Waals surface area contributed by atoms with Gasteiger partial charge in [-0.3, -0.25) is 9.69 Å². The Morgan fingerprint density at radius 3 is 2.78 bits per heavy atom. The molecule has 0 bridgehead atoms. The summed E-state index contributed by atoms with van der Waals surface area (Å²) in [6.45, 7) is 1.78. The van der Waals surface area contributed by atoms with E-state index in [0.29, 0.717) is 19.6 Å². The van der Waals surface area contributed by atoms with Crippen molar-refractivity contribution in [3.8, 4) is 0 Å². The number of nitrogens with one attached hydrogen (secondary N) is 1. The lowest BCUT2D eigenvalue weighted by molar-refractivity contribution is -0.116. The van der Waals surface area contributed by atoms with Gasteiger partial charge < -0.3 is 15.0 Å². The topological polar surface area (TPSA) is 61.9 Å². The van der Waals surface area contributed by atoms with Gasteiger partial charge in [-0.25, -0.2) is 4.79 Å². The highest BCUT2D eigenvalue weighted by atomic mass is 16.6. The van der Waals surface area contributed by atoms with Crippen LogP contribution in [0, 0.1) is 0 Å². The van der Waals surface area contributed by atoms with Crippen LogP contribution in [0.1, 0.15) is 29.0 Å². The van der Waals surface area contributed by atoms with E-state index in [9.17, 15) is 9.59 Å². The summed E-state index contributed by atoms with van der Waals surface area (Å²) in [5.74, 6) is 0.00195. The molecule has 4 rings (SSSR count). The van der Waals surface area contributed by atoms with Crippen molar-refractivity contribution in [1.29, 1.82) is 0 Å². The molecule has 140 valence electrons. The van der Waals surface area contributed by atoms with Gasteiger partial charge in [0.05, 0.1) is 6.54 Å². The van der Waals surface area contributed by atoms with Crippen LogP contribution in [0.15, 0.2) is 42.5 Å². The molecular formula is C21H23N3O3.